The van der Waals surface area contributed by atoms with Gasteiger partial charge in [-0.25, -0.2) is 8.42 Å². The fourth-order valence-electron chi connectivity index (χ4n) is 2.62. The van der Waals surface area contributed by atoms with E-state index in [2.05, 4.69) is 5.32 Å². The number of benzene rings is 2. The van der Waals surface area contributed by atoms with Crippen molar-refractivity contribution in [3.63, 3.8) is 0 Å². The molecule has 0 atom stereocenters. The number of amides is 1. The van der Waals surface area contributed by atoms with Crippen LogP contribution in [-0.4, -0.2) is 39.8 Å². The molecule has 0 aliphatic rings. The van der Waals surface area contributed by atoms with Crippen LogP contribution in [0.3, 0.4) is 0 Å². The Morgan fingerprint density at radius 1 is 1.03 bits per heavy atom. The zero-order valence-corrected chi connectivity index (χ0v) is 18.0. The summed E-state index contributed by atoms with van der Waals surface area (Å²) >= 11 is 0. The molecular weight excluding hydrogens is 392 g/mol. The van der Waals surface area contributed by atoms with E-state index < -0.39 is 15.9 Å². The quantitative estimate of drug-likeness (QED) is 0.639. The van der Waals surface area contributed by atoms with Gasteiger partial charge < -0.3 is 14.8 Å². The maximum absolute atomic E-state index is 12.4. The van der Waals surface area contributed by atoms with E-state index in [1.807, 2.05) is 45.0 Å². The Morgan fingerprint density at radius 2 is 1.62 bits per heavy atom. The second-order valence-corrected chi connectivity index (χ2v) is 8.69. The summed E-state index contributed by atoms with van der Waals surface area (Å²) in [7, 11) is -3.62. The molecule has 0 bridgehead atoms. The molecule has 0 radical (unpaired) electrons. The minimum Gasteiger partial charge on any atom is -0.494 e. The van der Waals surface area contributed by atoms with Gasteiger partial charge in [-0.05, 0) is 62.7 Å². The summed E-state index contributed by atoms with van der Waals surface area (Å²) in [6.45, 7) is 6.27. The number of ether oxygens (including phenoxy) is 2. The largest absolute Gasteiger partial charge is 0.494 e. The number of carbonyl (C=O) groups excluding carboxylic acids is 1. The number of hydrogen-bond donors (Lipinski definition) is 1. The summed E-state index contributed by atoms with van der Waals surface area (Å²) in [4.78, 5) is 12.4. The lowest BCUT2D eigenvalue weighted by atomic mass is 10.2. The van der Waals surface area contributed by atoms with Crippen molar-refractivity contribution >= 4 is 21.6 Å². The van der Waals surface area contributed by atoms with Crippen LogP contribution in [0, 0.1) is 0 Å². The molecule has 0 saturated carbocycles. The minimum atomic E-state index is -3.62. The van der Waals surface area contributed by atoms with E-state index in [4.69, 9.17) is 9.47 Å². The highest BCUT2D eigenvalue weighted by atomic mass is 32.2. The zero-order chi connectivity index (χ0) is 21.4. The molecule has 2 aromatic rings. The third-order valence-corrected chi connectivity index (χ3v) is 5.05. The molecule has 0 aromatic heterocycles. The summed E-state index contributed by atoms with van der Waals surface area (Å²) in [5, 5.41) is 2.75. The Hall–Kier alpha value is -2.74. The first-order valence-corrected chi connectivity index (χ1v) is 11.3. The van der Waals surface area contributed by atoms with Crippen LogP contribution in [-0.2, 0) is 21.4 Å². The zero-order valence-electron chi connectivity index (χ0n) is 17.2. The van der Waals surface area contributed by atoms with Gasteiger partial charge in [0.15, 0.2) is 0 Å². The van der Waals surface area contributed by atoms with Gasteiger partial charge in [0.25, 0.3) is 0 Å². The van der Waals surface area contributed by atoms with Crippen molar-refractivity contribution in [2.45, 2.75) is 33.4 Å². The van der Waals surface area contributed by atoms with Gasteiger partial charge in [0.2, 0.25) is 15.9 Å². The monoisotopic (exact) mass is 420 g/mol. The van der Waals surface area contributed by atoms with Gasteiger partial charge in [0, 0.05) is 6.54 Å². The number of rotatable bonds is 10. The van der Waals surface area contributed by atoms with Crippen molar-refractivity contribution in [1.82, 2.24) is 5.32 Å². The number of carbonyl (C=O) groups is 1. The Morgan fingerprint density at radius 3 is 2.14 bits per heavy atom. The third kappa shape index (κ3) is 7.30. The Balaban J connectivity index is 1.99. The van der Waals surface area contributed by atoms with Gasteiger partial charge >= 0.3 is 0 Å². The topological polar surface area (TPSA) is 84.9 Å². The molecule has 1 N–H and O–H groups in total. The molecule has 2 aromatic carbocycles. The molecule has 2 rings (SSSR count). The number of anilines is 1. The van der Waals surface area contributed by atoms with Crippen LogP contribution >= 0.6 is 0 Å². The molecule has 0 aliphatic carbocycles. The second-order valence-electron chi connectivity index (χ2n) is 6.78. The van der Waals surface area contributed by atoms with Crippen LogP contribution in [0.2, 0.25) is 0 Å². The molecule has 0 fully saturated rings. The summed E-state index contributed by atoms with van der Waals surface area (Å²) in [6.07, 6.45) is 1.16. The van der Waals surface area contributed by atoms with Gasteiger partial charge in [-0.2, -0.15) is 0 Å². The first-order chi connectivity index (χ1) is 13.7. The first kappa shape index (κ1) is 22.5. The molecule has 1 amide bonds. The number of sulfonamides is 1. The molecule has 0 aliphatic heterocycles. The number of nitrogens with one attached hydrogen (secondary N) is 1. The summed E-state index contributed by atoms with van der Waals surface area (Å²) in [5.41, 5.74) is 1.29. The smallest absolute Gasteiger partial charge is 0.241 e. The van der Waals surface area contributed by atoms with Crippen molar-refractivity contribution in [3.05, 3.63) is 54.1 Å². The predicted molar refractivity (Wildman–Crippen MR) is 114 cm³/mol. The van der Waals surface area contributed by atoms with E-state index in [1.54, 1.807) is 24.3 Å². The molecule has 8 heteroatoms. The van der Waals surface area contributed by atoms with Crippen LogP contribution < -0.4 is 19.1 Å². The van der Waals surface area contributed by atoms with Gasteiger partial charge in [0.05, 0.1) is 24.7 Å². The number of hydrogen-bond acceptors (Lipinski definition) is 5. The van der Waals surface area contributed by atoms with Crippen LogP contribution in [0.5, 0.6) is 11.5 Å². The molecule has 0 heterocycles. The van der Waals surface area contributed by atoms with E-state index >= 15 is 0 Å². The predicted octanol–water partition coefficient (Wildman–Crippen LogP) is 2.95. The fourth-order valence-corrected chi connectivity index (χ4v) is 3.48. The van der Waals surface area contributed by atoms with E-state index in [-0.39, 0.29) is 12.6 Å². The molecule has 158 valence electrons. The van der Waals surface area contributed by atoms with E-state index in [9.17, 15) is 13.2 Å². The summed E-state index contributed by atoms with van der Waals surface area (Å²) in [5.74, 6) is 1.000. The maximum atomic E-state index is 12.4. The third-order valence-electron chi connectivity index (χ3n) is 3.91. The van der Waals surface area contributed by atoms with Crippen molar-refractivity contribution in [2.75, 3.05) is 23.7 Å². The van der Waals surface area contributed by atoms with Crippen LogP contribution in [0.4, 0.5) is 5.69 Å². The second kappa shape index (κ2) is 10.2. The minimum absolute atomic E-state index is 0.0881. The van der Waals surface area contributed by atoms with Gasteiger partial charge in [0.1, 0.15) is 18.0 Å². The Bertz CT molecular complexity index is 894. The van der Waals surface area contributed by atoms with Crippen molar-refractivity contribution in [2.24, 2.45) is 0 Å². The molecule has 7 nitrogen and oxygen atoms in total. The highest BCUT2D eigenvalue weighted by Gasteiger charge is 2.20. The van der Waals surface area contributed by atoms with Gasteiger partial charge in [-0.15, -0.1) is 0 Å². The van der Waals surface area contributed by atoms with Crippen molar-refractivity contribution in [3.8, 4) is 11.5 Å². The van der Waals surface area contributed by atoms with Crippen molar-refractivity contribution in [1.29, 1.82) is 0 Å². The van der Waals surface area contributed by atoms with Gasteiger partial charge in [-0.1, -0.05) is 12.1 Å². The van der Waals surface area contributed by atoms with Crippen LogP contribution in [0.25, 0.3) is 0 Å². The Kier molecular flexibility index (Phi) is 7.90. The molecule has 0 unspecified atom stereocenters. The van der Waals surface area contributed by atoms with E-state index in [0.717, 1.165) is 21.9 Å². The van der Waals surface area contributed by atoms with Gasteiger partial charge in [-0.3, -0.25) is 9.10 Å². The summed E-state index contributed by atoms with van der Waals surface area (Å²) in [6, 6.07) is 14.0. The average Bonchev–Trinajstić information content (AvgIpc) is 2.65. The lowest BCUT2D eigenvalue weighted by Crippen LogP contribution is -2.40. The number of nitrogens with zero attached hydrogens (tertiary/aromatic N) is 1. The van der Waals surface area contributed by atoms with Crippen LogP contribution in [0.1, 0.15) is 26.3 Å². The highest BCUT2D eigenvalue weighted by molar-refractivity contribution is 7.92. The lowest BCUT2D eigenvalue weighted by Gasteiger charge is -2.22. The SMILES string of the molecule is CCOc1ccc(N(CC(=O)NCc2ccc(OC(C)C)cc2)S(C)(=O)=O)cc1. The summed E-state index contributed by atoms with van der Waals surface area (Å²) < 4.78 is 36.4. The Labute approximate surface area is 172 Å². The maximum Gasteiger partial charge on any atom is 0.241 e. The lowest BCUT2D eigenvalue weighted by molar-refractivity contribution is -0.119. The van der Waals surface area contributed by atoms with Crippen LogP contribution in [0.15, 0.2) is 48.5 Å². The van der Waals surface area contributed by atoms with E-state index in [0.29, 0.717) is 24.6 Å². The molecule has 0 saturated heterocycles. The molecule has 0 spiro atoms. The molecule has 29 heavy (non-hydrogen) atoms. The first-order valence-electron chi connectivity index (χ1n) is 9.42. The van der Waals surface area contributed by atoms with Crippen molar-refractivity contribution < 1.29 is 22.7 Å². The average molecular weight is 421 g/mol. The van der Waals surface area contributed by atoms with E-state index in [1.165, 1.54) is 0 Å². The molecular formula is C21H28N2O5S. The standard InChI is InChI=1S/C21H28N2O5S/c1-5-27-19-12-8-18(9-13-19)23(29(4,25)26)15-21(24)22-14-17-6-10-20(11-7-17)28-16(2)3/h6-13,16H,5,14-15H2,1-4H3,(H,22,24). The normalized spacial score (nSPS) is 11.2. The highest BCUT2D eigenvalue weighted by Crippen LogP contribution is 2.21. The fraction of sp³-hybridized carbons (Fsp3) is 0.381.